The Bertz CT molecular complexity index is 981. The Kier molecular flexibility index (Phi) is 3.95. The lowest BCUT2D eigenvalue weighted by atomic mass is 9.98. The molecule has 2 aromatic rings. The van der Waals surface area contributed by atoms with Crippen LogP contribution < -0.4 is 5.73 Å². The van der Waals surface area contributed by atoms with E-state index in [1.54, 1.807) is 0 Å². The van der Waals surface area contributed by atoms with E-state index in [2.05, 4.69) is 15.0 Å². The lowest BCUT2D eigenvalue weighted by Gasteiger charge is -2.33. The Morgan fingerprint density at radius 3 is 3.04 bits per heavy atom. The van der Waals surface area contributed by atoms with Crippen LogP contribution in [-0.2, 0) is 22.9 Å². The number of aromatic nitrogens is 4. The van der Waals surface area contributed by atoms with Gasteiger partial charge in [0, 0.05) is 0 Å². The molecule has 11 nitrogen and oxygen atoms in total. The number of nitrogens with two attached hydrogens (primary N) is 1. The van der Waals surface area contributed by atoms with Gasteiger partial charge in [-0.15, -0.1) is 0 Å². The van der Waals surface area contributed by atoms with Crippen LogP contribution in [0.4, 0.5) is 10.3 Å². The number of halogens is 1. The maximum Gasteiger partial charge on any atom is 0.475 e. The molecule has 3 N–H and O–H groups in total. The van der Waals surface area contributed by atoms with E-state index in [4.69, 9.17) is 24.0 Å². The largest absolute Gasteiger partial charge is 0.492 e. The van der Waals surface area contributed by atoms with Crippen molar-refractivity contribution in [2.24, 2.45) is 5.92 Å². The summed E-state index contributed by atoms with van der Waals surface area (Å²) in [6.07, 6.45) is 0.0633. The van der Waals surface area contributed by atoms with Crippen molar-refractivity contribution in [2.45, 2.75) is 43.9 Å². The third-order valence-corrected chi connectivity index (χ3v) is 6.57. The first-order valence-corrected chi connectivity index (χ1v) is 10.3. The summed E-state index contributed by atoms with van der Waals surface area (Å²) in [6.45, 7) is 1.39. The van der Waals surface area contributed by atoms with Crippen LogP contribution in [0.25, 0.3) is 11.2 Å². The number of phosphoric ester groups is 1. The fourth-order valence-electron chi connectivity index (χ4n) is 3.48. The van der Waals surface area contributed by atoms with Gasteiger partial charge in [0.1, 0.15) is 12.2 Å². The average molecular weight is 415 g/mol. The standard InChI is InChI=1S/C15H19FN5O6P/c1-15(16)10-8(5-25-28(23,27-10)24-4-7-2-3-7)26-13(15)21-6-18-9-11(21)19-14(17)20-12(9)22/h6-8,10,13H,2-5H2,1H3,(H3,17,19,20,22)/t8-,10-,13-,15-,28-/m1/s1. The molecule has 0 bridgehead atoms. The number of aromatic hydroxyl groups is 1. The minimum Gasteiger partial charge on any atom is -0.492 e. The van der Waals surface area contributed by atoms with Crippen molar-refractivity contribution in [1.82, 2.24) is 19.5 Å². The van der Waals surface area contributed by atoms with Crippen LogP contribution in [0.2, 0.25) is 0 Å². The molecule has 28 heavy (non-hydrogen) atoms. The highest BCUT2D eigenvalue weighted by atomic mass is 31.2. The van der Waals surface area contributed by atoms with Gasteiger partial charge < -0.3 is 15.6 Å². The molecule has 0 radical (unpaired) electrons. The molecule has 0 unspecified atom stereocenters. The van der Waals surface area contributed by atoms with Crippen molar-refractivity contribution < 1.29 is 32.4 Å². The van der Waals surface area contributed by atoms with Crippen LogP contribution >= 0.6 is 7.82 Å². The van der Waals surface area contributed by atoms with Crippen LogP contribution in [0, 0.1) is 5.92 Å². The molecule has 5 rings (SSSR count). The first-order valence-electron chi connectivity index (χ1n) is 8.88. The van der Waals surface area contributed by atoms with Crippen LogP contribution in [0.3, 0.4) is 0 Å². The summed E-state index contributed by atoms with van der Waals surface area (Å²) in [6, 6.07) is 0. The monoisotopic (exact) mass is 415 g/mol. The molecule has 13 heteroatoms. The van der Waals surface area contributed by atoms with Crippen molar-refractivity contribution in [3.8, 4) is 5.88 Å². The molecule has 1 aliphatic carbocycles. The summed E-state index contributed by atoms with van der Waals surface area (Å²) in [7, 11) is -3.87. The molecule has 3 aliphatic rings. The van der Waals surface area contributed by atoms with Gasteiger partial charge in [0.15, 0.2) is 23.1 Å². The molecule has 0 amide bonds. The van der Waals surface area contributed by atoms with E-state index in [9.17, 15) is 9.67 Å². The molecule has 2 saturated heterocycles. The molecule has 3 fully saturated rings. The summed E-state index contributed by atoms with van der Waals surface area (Å²) in [5.41, 5.74) is 3.62. The third kappa shape index (κ3) is 2.87. The fourth-order valence-corrected chi connectivity index (χ4v) is 5.02. The molecule has 0 aromatic carbocycles. The van der Waals surface area contributed by atoms with E-state index in [1.807, 2.05) is 0 Å². The summed E-state index contributed by atoms with van der Waals surface area (Å²) in [5.74, 6) is -0.273. The molecule has 152 valence electrons. The number of hydrogen-bond acceptors (Lipinski definition) is 10. The van der Waals surface area contributed by atoms with Gasteiger partial charge in [-0.05, 0) is 25.7 Å². The number of hydrogen-bond donors (Lipinski definition) is 2. The highest BCUT2D eigenvalue weighted by Gasteiger charge is 2.61. The van der Waals surface area contributed by atoms with E-state index >= 15 is 4.39 Å². The zero-order valence-corrected chi connectivity index (χ0v) is 15.8. The first-order chi connectivity index (χ1) is 13.3. The average Bonchev–Trinajstić information content (AvgIpc) is 3.32. The minimum atomic E-state index is -3.87. The number of alkyl halides is 1. The number of ether oxygens (including phenoxy) is 1. The molecule has 0 spiro atoms. The van der Waals surface area contributed by atoms with Gasteiger partial charge in [0.2, 0.25) is 11.8 Å². The highest BCUT2D eigenvalue weighted by molar-refractivity contribution is 7.48. The fraction of sp³-hybridized carbons (Fsp3) is 0.667. The number of imidazole rings is 1. The van der Waals surface area contributed by atoms with Crippen molar-refractivity contribution in [2.75, 3.05) is 18.9 Å². The second-order valence-corrected chi connectivity index (χ2v) is 9.04. The second kappa shape index (κ2) is 6.07. The van der Waals surface area contributed by atoms with Gasteiger partial charge in [-0.1, -0.05) is 0 Å². The Labute approximate surface area is 158 Å². The Balaban J connectivity index is 1.45. The van der Waals surface area contributed by atoms with Crippen LogP contribution in [0.1, 0.15) is 26.0 Å². The Hall–Kier alpha value is -1.85. The van der Waals surface area contributed by atoms with Gasteiger partial charge in [0.05, 0.1) is 19.5 Å². The summed E-state index contributed by atoms with van der Waals surface area (Å²) in [4.78, 5) is 11.6. The maximum absolute atomic E-state index is 15.8. The van der Waals surface area contributed by atoms with Crippen LogP contribution in [0.5, 0.6) is 5.88 Å². The van der Waals surface area contributed by atoms with Crippen molar-refractivity contribution >= 4 is 24.9 Å². The second-order valence-electron chi connectivity index (χ2n) is 7.42. The van der Waals surface area contributed by atoms with Gasteiger partial charge in [0.25, 0.3) is 0 Å². The van der Waals surface area contributed by atoms with Gasteiger partial charge >= 0.3 is 7.82 Å². The summed E-state index contributed by atoms with van der Waals surface area (Å²) >= 11 is 0. The van der Waals surface area contributed by atoms with Gasteiger partial charge in [-0.25, -0.2) is 13.9 Å². The number of rotatable bonds is 4. The Morgan fingerprint density at radius 2 is 2.29 bits per heavy atom. The molecule has 4 heterocycles. The topological polar surface area (TPSA) is 144 Å². The van der Waals surface area contributed by atoms with Gasteiger partial charge in [-0.3, -0.25) is 18.1 Å². The molecule has 5 atom stereocenters. The van der Waals surface area contributed by atoms with E-state index in [1.165, 1.54) is 17.8 Å². The lowest BCUT2D eigenvalue weighted by molar-refractivity contribution is -0.0709. The van der Waals surface area contributed by atoms with Crippen LogP contribution in [0.15, 0.2) is 6.33 Å². The predicted octanol–water partition coefficient (Wildman–Crippen LogP) is 1.69. The first kappa shape index (κ1) is 18.2. The predicted molar refractivity (Wildman–Crippen MR) is 91.9 cm³/mol. The normalized spacial score (nSPS) is 38.0. The van der Waals surface area contributed by atoms with Crippen molar-refractivity contribution in [1.29, 1.82) is 0 Å². The van der Waals surface area contributed by atoms with E-state index in [-0.39, 0.29) is 30.3 Å². The quantitative estimate of drug-likeness (QED) is 0.708. The lowest BCUT2D eigenvalue weighted by Crippen LogP contribution is -2.44. The number of anilines is 1. The SMILES string of the molecule is C[C@@]1(F)[C@@H]2O[P@](=O)(OCC3CC3)OC[C@H]2O[C@H]1n1cnc2c(O)nc(N)nc21. The minimum absolute atomic E-state index is 0.0547. The van der Waals surface area contributed by atoms with Crippen molar-refractivity contribution in [3.63, 3.8) is 0 Å². The van der Waals surface area contributed by atoms with E-state index in [0.717, 1.165) is 12.8 Å². The van der Waals surface area contributed by atoms with Gasteiger partial charge in [-0.2, -0.15) is 9.97 Å². The Morgan fingerprint density at radius 1 is 1.50 bits per heavy atom. The zero-order chi connectivity index (χ0) is 19.7. The summed E-state index contributed by atoms with van der Waals surface area (Å²) in [5, 5.41) is 9.88. The molecule has 2 aliphatic heterocycles. The van der Waals surface area contributed by atoms with Crippen LogP contribution in [-0.4, -0.2) is 55.7 Å². The molecule has 1 saturated carbocycles. The molecular weight excluding hydrogens is 396 g/mol. The number of phosphoric acid groups is 1. The zero-order valence-electron chi connectivity index (χ0n) is 14.9. The van der Waals surface area contributed by atoms with Crippen molar-refractivity contribution in [3.05, 3.63) is 6.33 Å². The summed E-state index contributed by atoms with van der Waals surface area (Å²) < 4.78 is 51.6. The highest BCUT2D eigenvalue weighted by Crippen LogP contribution is 2.60. The molecule has 2 aromatic heterocycles. The number of fused-ring (bicyclic) bond motifs is 2. The molecular formula is C15H19FN5O6P. The van der Waals surface area contributed by atoms with E-state index < -0.39 is 37.8 Å². The number of nitrogen functional groups attached to an aromatic ring is 1. The van der Waals surface area contributed by atoms with E-state index in [0.29, 0.717) is 5.92 Å². The number of nitrogens with zero attached hydrogens (tertiary/aromatic N) is 4. The smallest absolute Gasteiger partial charge is 0.475 e. The third-order valence-electron chi connectivity index (χ3n) is 5.16. The maximum atomic E-state index is 15.8.